The largest absolute Gasteiger partial charge is 0.386 e. The lowest BCUT2D eigenvalue weighted by Gasteiger charge is -2.27. The fourth-order valence-electron chi connectivity index (χ4n) is 1.67. The molecule has 15 heavy (non-hydrogen) atoms. The molecule has 82 valence electrons. The third kappa shape index (κ3) is 2.51. The number of rotatable bonds is 2. The topological polar surface area (TPSA) is 42.4 Å². The minimum absolute atomic E-state index is 0.0911. The second kappa shape index (κ2) is 4.96. The SMILES string of the molecule is Cc1ccncc1C(O)C1CSCCO1. The van der Waals surface area contributed by atoms with E-state index in [2.05, 4.69) is 4.98 Å². The third-order valence-electron chi connectivity index (χ3n) is 2.59. The molecular weight excluding hydrogens is 210 g/mol. The quantitative estimate of drug-likeness (QED) is 0.829. The fourth-order valence-corrected chi connectivity index (χ4v) is 2.57. The minimum atomic E-state index is -0.550. The molecule has 0 radical (unpaired) electrons. The first-order valence-electron chi connectivity index (χ1n) is 5.07. The summed E-state index contributed by atoms with van der Waals surface area (Å²) in [6, 6.07) is 1.91. The van der Waals surface area contributed by atoms with Crippen molar-refractivity contribution in [3.8, 4) is 0 Å². The summed E-state index contributed by atoms with van der Waals surface area (Å²) in [6.45, 7) is 2.71. The maximum Gasteiger partial charge on any atom is 0.108 e. The number of aromatic nitrogens is 1. The molecule has 0 amide bonds. The van der Waals surface area contributed by atoms with Gasteiger partial charge in [-0.15, -0.1) is 0 Å². The van der Waals surface area contributed by atoms with Crippen LogP contribution in [-0.4, -0.2) is 34.3 Å². The Labute approximate surface area is 93.9 Å². The van der Waals surface area contributed by atoms with Gasteiger partial charge in [0.1, 0.15) is 6.10 Å². The predicted molar refractivity (Wildman–Crippen MR) is 61.0 cm³/mol. The van der Waals surface area contributed by atoms with Crippen molar-refractivity contribution in [1.82, 2.24) is 4.98 Å². The molecule has 1 N–H and O–H groups in total. The molecular formula is C11H15NO2S. The molecule has 1 aliphatic rings. The molecule has 2 atom stereocenters. The lowest BCUT2D eigenvalue weighted by molar-refractivity contribution is -0.0231. The van der Waals surface area contributed by atoms with Crippen molar-refractivity contribution in [2.45, 2.75) is 19.1 Å². The van der Waals surface area contributed by atoms with E-state index in [1.54, 1.807) is 12.4 Å². The predicted octanol–water partition coefficient (Wildman–Crippen LogP) is 1.56. The van der Waals surface area contributed by atoms with E-state index in [4.69, 9.17) is 4.74 Å². The van der Waals surface area contributed by atoms with E-state index in [1.807, 2.05) is 24.8 Å². The summed E-state index contributed by atoms with van der Waals surface area (Å²) in [5, 5.41) is 10.1. The van der Waals surface area contributed by atoms with Crippen LogP contribution in [-0.2, 0) is 4.74 Å². The van der Waals surface area contributed by atoms with Crippen LogP contribution in [0.3, 0.4) is 0 Å². The smallest absolute Gasteiger partial charge is 0.108 e. The Morgan fingerprint density at radius 1 is 1.67 bits per heavy atom. The van der Waals surface area contributed by atoms with Gasteiger partial charge in [-0.2, -0.15) is 11.8 Å². The molecule has 1 aliphatic heterocycles. The molecule has 2 rings (SSSR count). The van der Waals surface area contributed by atoms with Gasteiger partial charge in [0.15, 0.2) is 0 Å². The average molecular weight is 225 g/mol. The van der Waals surface area contributed by atoms with Gasteiger partial charge in [-0.3, -0.25) is 4.98 Å². The van der Waals surface area contributed by atoms with Gasteiger partial charge in [-0.05, 0) is 18.6 Å². The number of aliphatic hydroxyl groups excluding tert-OH is 1. The molecule has 1 saturated heterocycles. The lowest BCUT2D eigenvalue weighted by atomic mass is 10.0. The van der Waals surface area contributed by atoms with Gasteiger partial charge >= 0.3 is 0 Å². The molecule has 2 unspecified atom stereocenters. The molecule has 0 saturated carbocycles. The average Bonchev–Trinajstić information content (AvgIpc) is 2.30. The van der Waals surface area contributed by atoms with Crippen LogP contribution in [0.25, 0.3) is 0 Å². The molecule has 1 fully saturated rings. The van der Waals surface area contributed by atoms with Crippen LogP contribution >= 0.6 is 11.8 Å². The second-order valence-corrected chi connectivity index (χ2v) is 4.81. The molecule has 0 aromatic carbocycles. The van der Waals surface area contributed by atoms with E-state index in [9.17, 15) is 5.11 Å². The van der Waals surface area contributed by atoms with Crippen LogP contribution in [0.2, 0.25) is 0 Å². The molecule has 0 aliphatic carbocycles. The van der Waals surface area contributed by atoms with Crippen LogP contribution in [0.4, 0.5) is 0 Å². The molecule has 0 spiro atoms. The van der Waals surface area contributed by atoms with Gasteiger partial charge in [0.2, 0.25) is 0 Å². The zero-order valence-corrected chi connectivity index (χ0v) is 9.54. The summed E-state index contributed by atoms with van der Waals surface area (Å²) in [5.41, 5.74) is 1.95. The number of ether oxygens (including phenoxy) is 1. The van der Waals surface area contributed by atoms with E-state index in [0.717, 1.165) is 29.2 Å². The first kappa shape index (κ1) is 10.9. The van der Waals surface area contributed by atoms with Crippen LogP contribution in [0.15, 0.2) is 18.5 Å². The van der Waals surface area contributed by atoms with E-state index in [1.165, 1.54) is 0 Å². The maximum absolute atomic E-state index is 10.1. The Kier molecular flexibility index (Phi) is 3.61. The highest BCUT2D eigenvalue weighted by molar-refractivity contribution is 7.99. The zero-order chi connectivity index (χ0) is 10.7. The minimum Gasteiger partial charge on any atom is -0.386 e. The van der Waals surface area contributed by atoms with Gasteiger partial charge in [0.05, 0.1) is 12.7 Å². The zero-order valence-electron chi connectivity index (χ0n) is 8.72. The number of aliphatic hydroxyl groups is 1. The van der Waals surface area contributed by atoms with Crippen LogP contribution in [0, 0.1) is 6.92 Å². The van der Waals surface area contributed by atoms with Gasteiger partial charge < -0.3 is 9.84 Å². The van der Waals surface area contributed by atoms with Crippen LogP contribution in [0.5, 0.6) is 0 Å². The first-order valence-corrected chi connectivity index (χ1v) is 6.22. The van der Waals surface area contributed by atoms with Gasteiger partial charge in [0, 0.05) is 29.5 Å². The molecule has 1 aromatic heterocycles. The summed E-state index contributed by atoms with van der Waals surface area (Å²) in [6.07, 6.45) is 2.82. The van der Waals surface area contributed by atoms with E-state index >= 15 is 0 Å². The van der Waals surface area contributed by atoms with Crippen molar-refractivity contribution in [2.75, 3.05) is 18.1 Å². The van der Waals surface area contributed by atoms with Gasteiger partial charge in [-0.25, -0.2) is 0 Å². The number of pyridine rings is 1. The standard InChI is InChI=1S/C11H15NO2S/c1-8-2-3-12-6-9(8)11(13)10-7-15-5-4-14-10/h2-3,6,10-11,13H,4-5,7H2,1H3. The number of hydrogen-bond acceptors (Lipinski definition) is 4. The molecule has 3 nitrogen and oxygen atoms in total. The Morgan fingerprint density at radius 2 is 2.53 bits per heavy atom. The van der Waals surface area contributed by atoms with E-state index in [-0.39, 0.29) is 6.10 Å². The maximum atomic E-state index is 10.1. The summed E-state index contributed by atoms with van der Waals surface area (Å²) < 4.78 is 5.55. The number of aryl methyl sites for hydroxylation is 1. The Bertz CT molecular complexity index is 326. The second-order valence-electron chi connectivity index (χ2n) is 3.66. The lowest BCUT2D eigenvalue weighted by Crippen LogP contribution is -2.30. The normalized spacial score (nSPS) is 23.7. The first-order chi connectivity index (χ1) is 7.29. The monoisotopic (exact) mass is 225 g/mol. The Hall–Kier alpha value is -0.580. The highest BCUT2D eigenvalue weighted by Crippen LogP contribution is 2.26. The van der Waals surface area contributed by atoms with Crippen molar-refractivity contribution in [2.24, 2.45) is 0 Å². The molecule has 4 heteroatoms. The summed E-state index contributed by atoms with van der Waals surface area (Å²) in [4.78, 5) is 4.04. The number of hydrogen-bond donors (Lipinski definition) is 1. The van der Waals surface area contributed by atoms with Gasteiger partial charge in [0.25, 0.3) is 0 Å². The van der Waals surface area contributed by atoms with Crippen molar-refractivity contribution in [1.29, 1.82) is 0 Å². The van der Waals surface area contributed by atoms with E-state index < -0.39 is 6.10 Å². The van der Waals surface area contributed by atoms with Crippen LogP contribution in [0.1, 0.15) is 17.2 Å². The van der Waals surface area contributed by atoms with E-state index in [0.29, 0.717) is 0 Å². The molecule has 1 aromatic rings. The summed E-state index contributed by atoms with van der Waals surface area (Å²) in [7, 11) is 0. The van der Waals surface area contributed by atoms with Crippen molar-refractivity contribution in [3.05, 3.63) is 29.6 Å². The number of thioether (sulfide) groups is 1. The van der Waals surface area contributed by atoms with Crippen molar-refractivity contribution >= 4 is 11.8 Å². The Morgan fingerprint density at radius 3 is 3.20 bits per heavy atom. The summed E-state index contributed by atoms with van der Waals surface area (Å²) >= 11 is 1.83. The number of nitrogens with zero attached hydrogens (tertiary/aromatic N) is 1. The fraction of sp³-hybridized carbons (Fsp3) is 0.545. The highest BCUT2D eigenvalue weighted by atomic mass is 32.2. The van der Waals surface area contributed by atoms with Crippen molar-refractivity contribution in [3.63, 3.8) is 0 Å². The molecule has 2 heterocycles. The Balaban J connectivity index is 2.12. The highest BCUT2D eigenvalue weighted by Gasteiger charge is 2.25. The van der Waals surface area contributed by atoms with Crippen molar-refractivity contribution < 1.29 is 9.84 Å². The van der Waals surface area contributed by atoms with Gasteiger partial charge in [-0.1, -0.05) is 0 Å². The molecule has 0 bridgehead atoms. The van der Waals surface area contributed by atoms with Crippen LogP contribution < -0.4 is 0 Å². The summed E-state index contributed by atoms with van der Waals surface area (Å²) in [5.74, 6) is 1.88. The third-order valence-corrected chi connectivity index (χ3v) is 3.61.